The van der Waals surface area contributed by atoms with Crippen molar-refractivity contribution in [1.29, 1.82) is 5.26 Å². The number of anilines is 1. The third-order valence-electron chi connectivity index (χ3n) is 7.24. The highest BCUT2D eigenvalue weighted by Gasteiger charge is 2.38. The predicted molar refractivity (Wildman–Crippen MR) is 155 cm³/mol. The largest absolute Gasteiger partial charge is 0.493 e. The number of allylic oxidation sites excluding steroid dienone is 1. The Kier molecular flexibility index (Phi) is 8.43. The second-order valence-electron chi connectivity index (χ2n) is 9.82. The highest BCUT2D eigenvalue weighted by Crippen LogP contribution is 2.44. The molecule has 5 rings (SSSR count). The van der Waals surface area contributed by atoms with Gasteiger partial charge >= 0.3 is 0 Å². The number of fused-ring (bicyclic) bond motifs is 1. The fraction of sp³-hybridized carbons (Fsp3) is 0.312. The van der Waals surface area contributed by atoms with E-state index >= 15 is 0 Å². The Balaban J connectivity index is 1.34. The van der Waals surface area contributed by atoms with Crippen molar-refractivity contribution in [3.05, 3.63) is 100 Å². The number of hydrogen-bond acceptors (Lipinski definition) is 6. The van der Waals surface area contributed by atoms with Crippen molar-refractivity contribution in [3.8, 4) is 17.6 Å². The molecule has 0 aromatic heterocycles. The van der Waals surface area contributed by atoms with Gasteiger partial charge in [0.25, 0.3) is 0 Å². The van der Waals surface area contributed by atoms with Crippen LogP contribution >= 0.6 is 11.8 Å². The first-order chi connectivity index (χ1) is 19.1. The molecule has 0 aliphatic carbocycles. The smallest absolute Gasteiger partial charge is 0.229 e. The summed E-state index contributed by atoms with van der Waals surface area (Å²) >= 11 is 1.55. The zero-order valence-electron chi connectivity index (χ0n) is 22.4. The number of methoxy groups -OCH3 is 1. The maximum atomic E-state index is 13.4. The minimum absolute atomic E-state index is 0.0223. The predicted octanol–water partition coefficient (Wildman–Crippen LogP) is 6.84. The van der Waals surface area contributed by atoms with Gasteiger partial charge in [-0.05, 0) is 53.8 Å². The van der Waals surface area contributed by atoms with E-state index in [0.29, 0.717) is 36.2 Å². The van der Waals surface area contributed by atoms with E-state index in [1.807, 2.05) is 48.5 Å². The molecule has 6 nitrogen and oxygen atoms in total. The molecule has 1 atom stereocenters. The van der Waals surface area contributed by atoms with Crippen molar-refractivity contribution in [2.75, 3.05) is 24.6 Å². The molecule has 3 aromatic rings. The Labute approximate surface area is 234 Å². The van der Waals surface area contributed by atoms with E-state index in [-0.39, 0.29) is 18.2 Å². The monoisotopic (exact) mass is 539 g/mol. The van der Waals surface area contributed by atoms with Gasteiger partial charge in [0.1, 0.15) is 6.61 Å². The summed E-state index contributed by atoms with van der Waals surface area (Å²) in [6, 6.07) is 26.7. The van der Waals surface area contributed by atoms with Crippen LogP contribution in [0.4, 0.5) is 5.69 Å². The second kappa shape index (κ2) is 12.3. The molecular formula is C32H33N3O3S. The SMILES string of the molecule is CCCCc1ccc(N2CSC3=C(C#N)[C@H](c4ccc(OCc5ccccc5)c(OC)c4)CC(=O)N3C2)cc1. The quantitative estimate of drug-likeness (QED) is 0.297. The Morgan fingerprint density at radius 2 is 1.82 bits per heavy atom. The topological polar surface area (TPSA) is 65.8 Å². The third-order valence-corrected chi connectivity index (χ3v) is 8.40. The molecule has 2 heterocycles. The summed E-state index contributed by atoms with van der Waals surface area (Å²) < 4.78 is 11.6. The summed E-state index contributed by atoms with van der Waals surface area (Å²) in [5.41, 5.74) is 5.00. The summed E-state index contributed by atoms with van der Waals surface area (Å²) in [5, 5.41) is 11.0. The number of nitriles is 1. The summed E-state index contributed by atoms with van der Waals surface area (Å²) in [4.78, 5) is 17.3. The van der Waals surface area contributed by atoms with Gasteiger partial charge in [0.15, 0.2) is 11.5 Å². The number of benzene rings is 3. The fourth-order valence-corrected chi connectivity index (χ4v) is 6.19. The van der Waals surface area contributed by atoms with Gasteiger partial charge in [-0.2, -0.15) is 5.26 Å². The van der Waals surface area contributed by atoms with Crippen molar-refractivity contribution in [3.63, 3.8) is 0 Å². The lowest BCUT2D eigenvalue weighted by Gasteiger charge is -2.42. The molecule has 1 saturated heterocycles. The first kappa shape index (κ1) is 26.7. The van der Waals surface area contributed by atoms with Gasteiger partial charge < -0.3 is 14.4 Å². The van der Waals surface area contributed by atoms with E-state index in [2.05, 4.69) is 42.2 Å². The fourth-order valence-electron chi connectivity index (χ4n) is 5.02. The Bertz CT molecular complexity index is 1380. The van der Waals surface area contributed by atoms with Crippen molar-refractivity contribution in [2.45, 2.75) is 45.1 Å². The first-order valence-corrected chi connectivity index (χ1v) is 14.4. The van der Waals surface area contributed by atoms with Gasteiger partial charge in [0, 0.05) is 18.0 Å². The zero-order valence-corrected chi connectivity index (χ0v) is 23.2. The maximum absolute atomic E-state index is 13.4. The summed E-state index contributed by atoms with van der Waals surface area (Å²) in [6.45, 7) is 3.08. The van der Waals surface area contributed by atoms with Crippen molar-refractivity contribution in [2.24, 2.45) is 0 Å². The lowest BCUT2D eigenvalue weighted by molar-refractivity contribution is -0.129. The average Bonchev–Trinajstić information content (AvgIpc) is 2.99. The van der Waals surface area contributed by atoms with Crippen LogP contribution in [0.1, 0.15) is 48.8 Å². The molecule has 2 aliphatic heterocycles. The molecule has 0 saturated carbocycles. The number of rotatable bonds is 9. The van der Waals surface area contributed by atoms with Crippen molar-refractivity contribution < 1.29 is 14.3 Å². The normalized spacial score (nSPS) is 17.1. The number of ether oxygens (including phenoxy) is 2. The molecule has 2 aliphatic rings. The number of nitrogens with zero attached hydrogens (tertiary/aromatic N) is 3. The molecule has 0 bridgehead atoms. The minimum Gasteiger partial charge on any atom is -0.493 e. The molecular weight excluding hydrogens is 506 g/mol. The highest BCUT2D eigenvalue weighted by molar-refractivity contribution is 8.03. The van der Waals surface area contributed by atoms with E-state index in [0.717, 1.165) is 28.3 Å². The lowest BCUT2D eigenvalue weighted by Crippen LogP contribution is -2.47. The second-order valence-corrected chi connectivity index (χ2v) is 10.8. The standard InChI is InChI=1S/C32H33N3O3S/c1-3-4-8-23-11-14-26(15-12-23)34-21-35-31(36)18-27(28(19-33)32(35)39-22-34)25-13-16-29(30(17-25)37-2)38-20-24-9-6-5-7-10-24/h5-7,9-17,27H,3-4,8,18,20-22H2,1-2H3/t27-/m0/s1. The molecule has 0 spiro atoms. The Morgan fingerprint density at radius 1 is 1.03 bits per heavy atom. The number of hydrogen-bond donors (Lipinski definition) is 0. The van der Waals surface area contributed by atoms with Crippen LogP contribution in [0, 0.1) is 11.3 Å². The van der Waals surface area contributed by atoms with E-state index in [1.54, 1.807) is 23.8 Å². The average molecular weight is 540 g/mol. The van der Waals surface area contributed by atoms with Gasteiger partial charge in [-0.15, -0.1) is 0 Å². The van der Waals surface area contributed by atoms with E-state index in [4.69, 9.17) is 9.47 Å². The van der Waals surface area contributed by atoms with E-state index in [1.165, 1.54) is 18.4 Å². The molecule has 0 unspecified atom stereocenters. The number of carbonyl (C=O) groups excluding carboxylic acids is 1. The van der Waals surface area contributed by atoms with Crippen LogP contribution < -0.4 is 14.4 Å². The summed E-state index contributed by atoms with van der Waals surface area (Å²) in [6.07, 6.45) is 3.69. The molecule has 39 heavy (non-hydrogen) atoms. The number of carbonyl (C=O) groups is 1. The van der Waals surface area contributed by atoms with Crippen LogP contribution in [0.2, 0.25) is 0 Å². The van der Waals surface area contributed by atoms with Gasteiger partial charge in [-0.25, -0.2) is 0 Å². The van der Waals surface area contributed by atoms with Gasteiger partial charge in [0.2, 0.25) is 5.91 Å². The number of thioether (sulfide) groups is 1. The van der Waals surface area contributed by atoms with Gasteiger partial charge in [0.05, 0.1) is 36.3 Å². The van der Waals surface area contributed by atoms with Crippen molar-refractivity contribution >= 4 is 23.4 Å². The lowest BCUT2D eigenvalue weighted by atomic mass is 9.86. The van der Waals surface area contributed by atoms with E-state index in [9.17, 15) is 10.1 Å². The molecule has 0 N–H and O–H groups in total. The first-order valence-electron chi connectivity index (χ1n) is 13.4. The van der Waals surface area contributed by atoms with Gasteiger partial charge in [-0.1, -0.05) is 73.6 Å². The Morgan fingerprint density at radius 3 is 2.54 bits per heavy atom. The van der Waals surface area contributed by atoms with Crippen LogP contribution in [0.15, 0.2) is 83.4 Å². The number of amides is 1. The summed E-state index contributed by atoms with van der Waals surface area (Å²) in [5.74, 6) is 1.60. The molecule has 3 aromatic carbocycles. The highest BCUT2D eigenvalue weighted by atomic mass is 32.2. The molecule has 1 amide bonds. The summed E-state index contributed by atoms with van der Waals surface area (Å²) in [7, 11) is 1.60. The van der Waals surface area contributed by atoms with Crippen LogP contribution in [-0.2, 0) is 17.8 Å². The molecule has 7 heteroatoms. The van der Waals surface area contributed by atoms with Crippen LogP contribution in [0.3, 0.4) is 0 Å². The Hall–Kier alpha value is -3.89. The molecule has 1 fully saturated rings. The van der Waals surface area contributed by atoms with E-state index < -0.39 is 0 Å². The van der Waals surface area contributed by atoms with Crippen LogP contribution in [0.5, 0.6) is 11.5 Å². The molecule has 0 radical (unpaired) electrons. The number of aryl methyl sites for hydroxylation is 1. The zero-order chi connectivity index (χ0) is 27.2. The van der Waals surface area contributed by atoms with Gasteiger partial charge in [-0.3, -0.25) is 9.69 Å². The number of unbranched alkanes of at least 4 members (excludes halogenated alkanes) is 1. The minimum atomic E-state index is -0.317. The maximum Gasteiger partial charge on any atom is 0.229 e. The third kappa shape index (κ3) is 5.91. The van der Waals surface area contributed by atoms with Crippen LogP contribution in [0.25, 0.3) is 0 Å². The van der Waals surface area contributed by atoms with Crippen LogP contribution in [-0.4, -0.2) is 30.5 Å². The molecule has 200 valence electrons. The van der Waals surface area contributed by atoms with Crippen molar-refractivity contribution in [1.82, 2.24) is 4.90 Å².